The molecular formula is C10H13N3S2. The van der Waals surface area contributed by atoms with Crippen LogP contribution in [-0.4, -0.2) is 9.97 Å². The SMILES string of the molecule is CCc1cnc(CNCc2cscn2)s1. The lowest BCUT2D eigenvalue weighted by molar-refractivity contribution is 0.679. The number of nitrogens with zero attached hydrogens (tertiary/aromatic N) is 2. The molecule has 0 aliphatic carbocycles. The highest BCUT2D eigenvalue weighted by Crippen LogP contribution is 2.13. The number of thiazole rings is 2. The van der Waals surface area contributed by atoms with Gasteiger partial charge in [0.25, 0.3) is 0 Å². The Hall–Kier alpha value is -0.780. The van der Waals surface area contributed by atoms with E-state index in [2.05, 4.69) is 27.6 Å². The van der Waals surface area contributed by atoms with Gasteiger partial charge in [-0.2, -0.15) is 0 Å². The predicted octanol–water partition coefficient (Wildman–Crippen LogP) is 2.45. The van der Waals surface area contributed by atoms with E-state index in [4.69, 9.17) is 0 Å². The molecule has 0 atom stereocenters. The molecule has 0 aliphatic heterocycles. The van der Waals surface area contributed by atoms with Gasteiger partial charge in [0.2, 0.25) is 0 Å². The molecule has 0 unspecified atom stereocenters. The summed E-state index contributed by atoms with van der Waals surface area (Å²) in [4.78, 5) is 9.90. The number of rotatable bonds is 5. The molecular weight excluding hydrogens is 226 g/mol. The summed E-state index contributed by atoms with van der Waals surface area (Å²) in [6, 6.07) is 0. The van der Waals surface area contributed by atoms with E-state index in [1.165, 1.54) is 4.88 Å². The lowest BCUT2D eigenvalue weighted by Gasteiger charge is -1.98. The first-order chi connectivity index (χ1) is 7.38. The standard InChI is InChI=1S/C10H13N3S2/c1-2-9-4-12-10(15-9)5-11-3-8-6-14-7-13-8/h4,6-7,11H,2-3,5H2,1H3. The topological polar surface area (TPSA) is 37.8 Å². The second-order valence-electron chi connectivity index (χ2n) is 3.16. The predicted molar refractivity (Wildman–Crippen MR) is 64.1 cm³/mol. The van der Waals surface area contributed by atoms with Crippen molar-refractivity contribution in [3.8, 4) is 0 Å². The molecule has 0 radical (unpaired) electrons. The van der Waals surface area contributed by atoms with Crippen molar-refractivity contribution in [3.05, 3.63) is 32.7 Å². The van der Waals surface area contributed by atoms with Crippen molar-refractivity contribution >= 4 is 22.7 Å². The largest absolute Gasteiger partial charge is 0.305 e. The maximum absolute atomic E-state index is 4.34. The van der Waals surface area contributed by atoms with E-state index in [1.54, 1.807) is 22.7 Å². The van der Waals surface area contributed by atoms with Crippen LogP contribution in [0.1, 0.15) is 22.5 Å². The van der Waals surface area contributed by atoms with Crippen LogP contribution >= 0.6 is 22.7 Å². The number of hydrogen-bond donors (Lipinski definition) is 1. The molecule has 0 saturated heterocycles. The molecule has 15 heavy (non-hydrogen) atoms. The normalized spacial score (nSPS) is 10.7. The van der Waals surface area contributed by atoms with E-state index >= 15 is 0 Å². The minimum Gasteiger partial charge on any atom is -0.305 e. The van der Waals surface area contributed by atoms with Crippen molar-refractivity contribution in [1.82, 2.24) is 15.3 Å². The fourth-order valence-corrected chi connectivity index (χ4v) is 2.61. The van der Waals surface area contributed by atoms with Gasteiger partial charge in [-0.3, -0.25) is 0 Å². The molecule has 2 heterocycles. The van der Waals surface area contributed by atoms with Crippen molar-refractivity contribution in [3.63, 3.8) is 0 Å². The fraction of sp³-hybridized carbons (Fsp3) is 0.400. The van der Waals surface area contributed by atoms with Gasteiger partial charge in [0, 0.05) is 29.5 Å². The van der Waals surface area contributed by atoms with Crippen LogP contribution in [0, 0.1) is 0 Å². The van der Waals surface area contributed by atoms with Gasteiger partial charge in [0.15, 0.2) is 0 Å². The van der Waals surface area contributed by atoms with Gasteiger partial charge in [-0.05, 0) is 6.42 Å². The van der Waals surface area contributed by atoms with Crippen LogP contribution in [0.2, 0.25) is 0 Å². The molecule has 5 heteroatoms. The smallest absolute Gasteiger partial charge is 0.107 e. The van der Waals surface area contributed by atoms with Crippen molar-refractivity contribution in [2.24, 2.45) is 0 Å². The quantitative estimate of drug-likeness (QED) is 0.871. The fourth-order valence-electron chi connectivity index (χ4n) is 1.22. The Kier molecular flexibility index (Phi) is 3.82. The minimum absolute atomic E-state index is 0.824. The lowest BCUT2D eigenvalue weighted by atomic mass is 10.4. The van der Waals surface area contributed by atoms with Gasteiger partial charge in [-0.15, -0.1) is 22.7 Å². The molecule has 2 aromatic rings. The number of aromatic nitrogens is 2. The second-order valence-corrected chi connectivity index (χ2v) is 5.08. The molecule has 1 N–H and O–H groups in total. The Morgan fingerprint density at radius 1 is 1.33 bits per heavy atom. The van der Waals surface area contributed by atoms with Gasteiger partial charge < -0.3 is 5.32 Å². The first kappa shape index (κ1) is 10.7. The van der Waals surface area contributed by atoms with Gasteiger partial charge in [0.05, 0.1) is 11.2 Å². The zero-order chi connectivity index (χ0) is 10.5. The van der Waals surface area contributed by atoms with Crippen LogP contribution in [0.25, 0.3) is 0 Å². The average Bonchev–Trinajstić information content (AvgIpc) is 2.88. The highest BCUT2D eigenvalue weighted by molar-refractivity contribution is 7.11. The first-order valence-electron chi connectivity index (χ1n) is 4.90. The van der Waals surface area contributed by atoms with Crippen LogP contribution < -0.4 is 5.32 Å². The first-order valence-corrected chi connectivity index (χ1v) is 6.65. The Balaban J connectivity index is 1.78. The van der Waals surface area contributed by atoms with Crippen molar-refractivity contribution in [2.75, 3.05) is 0 Å². The summed E-state index contributed by atoms with van der Waals surface area (Å²) in [6.45, 7) is 3.81. The Labute approximate surface area is 97.2 Å². The molecule has 0 bridgehead atoms. The molecule has 0 aliphatic rings. The van der Waals surface area contributed by atoms with Crippen LogP contribution in [-0.2, 0) is 19.5 Å². The van der Waals surface area contributed by atoms with E-state index < -0.39 is 0 Å². The Morgan fingerprint density at radius 2 is 2.27 bits per heavy atom. The third kappa shape index (κ3) is 3.09. The zero-order valence-electron chi connectivity index (χ0n) is 8.56. The molecule has 0 fully saturated rings. The molecule has 2 rings (SSSR count). The van der Waals surface area contributed by atoms with Gasteiger partial charge >= 0.3 is 0 Å². The maximum Gasteiger partial charge on any atom is 0.107 e. The van der Waals surface area contributed by atoms with Gasteiger partial charge in [-0.1, -0.05) is 6.92 Å². The van der Waals surface area contributed by atoms with Gasteiger partial charge in [-0.25, -0.2) is 9.97 Å². The molecule has 3 nitrogen and oxygen atoms in total. The number of hydrogen-bond acceptors (Lipinski definition) is 5. The molecule has 0 aromatic carbocycles. The number of nitrogens with one attached hydrogen (secondary N) is 1. The van der Waals surface area contributed by atoms with Crippen LogP contribution in [0.5, 0.6) is 0 Å². The van der Waals surface area contributed by atoms with Crippen LogP contribution in [0.3, 0.4) is 0 Å². The van der Waals surface area contributed by atoms with Crippen molar-refractivity contribution in [1.29, 1.82) is 0 Å². The molecule has 0 spiro atoms. The van der Waals surface area contributed by atoms with E-state index in [1.807, 2.05) is 11.7 Å². The monoisotopic (exact) mass is 239 g/mol. The number of aryl methyl sites for hydroxylation is 1. The Morgan fingerprint density at radius 3 is 2.93 bits per heavy atom. The summed E-state index contributed by atoms with van der Waals surface area (Å²) in [6.07, 6.45) is 3.04. The maximum atomic E-state index is 4.34. The van der Waals surface area contributed by atoms with E-state index in [0.29, 0.717) is 0 Å². The minimum atomic E-state index is 0.824. The summed E-state index contributed by atoms with van der Waals surface area (Å²) < 4.78 is 0. The molecule has 80 valence electrons. The average molecular weight is 239 g/mol. The zero-order valence-corrected chi connectivity index (χ0v) is 10.2. The molecule has 0 saturated carbocycles. The summed E-state index contributed by atoms with van der Waals surface area (Å²) in [5, 5.41) is 6.55. The molecule has 2 aromatic heterocycles. The van der Waals surface area contributed by atoms with E-state index in [0.717, 1.165) is 30.2 Å². The third-order valence-electron chi connectivity index (χ3n) is 2.02. The van der Waals surface area contributed by atoms with E-state index in [-0.39, 0.29) is 0 Å². The summed E-state index contributed by atoms with van der Waals surface area (Å²) in [5.74, 6) is 0. The second kappa shape index (κ2) is 5.34. The third-order valence-corrected chi connectivity index (χ3v) is 3.79. The highest BCUT2D eigenvalue weighted by atomic mass is 32.1. The van der Waals surface area contributed by atoms with E-state index in [9.17, 15) is 0 Å². The summed E-state index contributed by atoms with van der Waals surface area (Å²) in [5.41, 5.74) is 2.96. The molecule has 0 amide bonds. The van der Waals surface area contributed by atoms with Gasteiger partial charge in [0.1, 0.15) is 5.01 Å². The van der Waals surface area contributed by atoms with Crippen LogP contribution in [0.15, 0.2) is 17.1 Å². The summed E-state index contributed by atoms with van der Waals surface area (Å²) >= 11 is 3.41. The summed E-state index contributed by atoms with van der Waals surface area (Å²) in [7, 11) is 0. The van der Waals surface area contributed by atoms with Crippen molar-refractivity contribution < 1.29 is 0 Å². The van der Waals surface area contributed by atoms with Crippen LogP contribution in [0.4, 0.5) is 0 Å². The van der Waals surface area contributed by atoms with Crippen molar-refractivity contribution in [2.45, 2.75) is 26.4 Å². The lowest BCUT2D eigenvalue weighted by Crippen LogP contribution is -2.12. The highest BCUT2D eigenvalue weighted by Gasteiger charge is 2.00. The Bertz CT molecular complexity index is 394.